The monoisotopic (exact) mass is 326 g/mol. The molecule has 1 N–H and O–H groups in total. The van der Waals surface area contributed by atoms with Crippen LogP contribution in [0.5, 0.6) is 11.5 Å². The van der Waals surface area contributed by atoms with Crippen molar-refractivity contribution in [2.24, 2.45) is 0 Å². The van der Waals surface area contributed by atoms with E-state index in [1.807, 2.05) is 38.1 Å². The van der Waals surface area contributed by atoms with Gasteiger partial charge in [0.05, 0.1) is 0 Å². The van der Waals surface area contributed by atoms with Crippen molar-refractivity contribution >= 4 is 11.7 Å². The van der Waals surface area contributed by atoms with Crippen LogP contribution in [-0.4, -0.2) is 23.1 Å². The molecule has 1 aromatic carbocycles. The number of nitrogens with one attached hydrogen (secondary N) is 1. The van der Waals surface area contributed by atoms with E-state index in [0.29, 0.717) is 11.6 Å². The Morgan fingerprint density at radius 2 is 2.17 bits per heavy atom. The first kappa shape index (κ1) is 16.3. The van der Waals surface area contributed by atoms with E-state index in [2.05, 4.69) is 17.2 Å². The molecule has 0 spiro atoms. The molecule has 2 aromatic rings. The summed E-state index contributed by atoms with van der Waals surface area (Å²) in [5.41, 5.74) is 1.99. The highest BCUT2D eigenvalue weighted by Gasteiger charge is 2.32. The van der Waals surface area contributed by atoms with Gasteiger partial charge in [0.15, 0.2) is 18.1 Å². The fraction of sp³-hybridized carbons (Fsp3) is 0.368. The third-order valence-corrected chi connectivity index (χ3v) is 3.91. The molecule has 0 saturated heterocycles. The molecule has 3 rings (SSSR count). The molecular formula is C19H22N2O3. The third-order valence-electron chi connectivity index (χ3n) is 3.91. The molecule has 0 aliphatic carbocycles. The summed E-state index contributed by atoms with van der Waals surface area (Å²) >= 11 is 0. The van der Waals surface area contributed by atoms with E-state index < -0.39 is 0 Å². The van der Waals surface area contributed by atoms with E-state index >= 15 is 0 Å². The van der Waals surface area contributed by atoms with Gasteiger partial charge in [0.25, 0.3) is 5.91 Å². The molecule has 1 amide bonds. The maximum absolute atomic E-state index is 12.1. The molecule has 126 valence electrons. The Morgan fingerprint density at radius 3 is 2.88 bits per heavy atom. The number of para-hydroxylation sites is 1. The molecule has 0 radical (unpaired) electrons. The van der Waals surface area contributed by atoms with E-state index in [4.69, 9.17) is 9.47 Å². The number of nitrogens with zero attached hydrogens (tertiary/aromatic N) is 1. The number of ether oxygens (including phenoxy) is 2. The molecule has 0 fully saturated rings. The topological polar surface area (TPSA) is 60.5 Å². The summed E-state index contributed by atoms with van der Waals surface area (Å²) in [4.78, 5) is 16.3. The van der Waals surface area contributed by atoms with Crippen molar-refractivity contribution < 1.29 is 14.3 Å². The summed E-state index contributed by atoms with van der Waals surface area (Å²) in [6.45, 7) is 6.05. The molecule has 2 heterocycles. The Bertz CT molecular complexity index is 739. The van der Waals surface area contributed by atoms with Gasteiger partial charge in [0, 0.05) is 18.2 Å². The minimum absolute atomic E-state index is 0.0859. The first-order valence-corrected chi connectivity index (χ1v) is 8.15. The van der Waals surface area contributed by atoms with Gasteiger partial charge in [-0.1, -0.05) is 25.1 Å². The predicted molar refractivity (Wildman–Crippen MR) is 92.6 cm³/mol. The van der Waals surface area contributed by atoms with Crippen molar-refractivity contribution in [2.75, 3.05) is 11.9 Å². The van der Waals surface area contributed by atoms with Gasteiger partial charge in [-0.05, 0) is 38.0 Å². The van der Waals surface area contributed by atoms with Crippen LogP contribution in [0, 0.1) is 0 Å². The van der Waals surface area contributed by atoms with Crippen LogP contribution < -0.4 is 14.8 Å². The minimum Gasteiger partial charge on any atom is -0.483 e. The van der Waals surface area contributed by atoms with Crippen LogP contribution in [-0.2, 0) is 17.6 Å². The van der Waals surface area contributed by atoms with E-state index in [0.717, 1.165) is 29.7 Å². The number of anilines is 1. The van der Waals surface area contributed by atoms with Gasteiger partial charge in [-0.15, -0.1) is 0 Å². The van der Waals surface area contributed by atoms with Crippen LogP contribution in [0.3, 0.4) is 0 Å². The maximum atomic E-state index is 12.1. The molecule has 0 bridgehead atoms. The van der Waals surface area contributed by atoms with Gasteiger partial charge in [-0.2, -0.15) is 0 Å². The normalized spacial score (nSPS) is 14.6. The van der Waals surface area contributed by atoms with E-state index in [1.165, 1.54) is 0 Å². The molecule has 5 heteroatoms. The van der Waals surface area contributed by atoms with Crippen LogP contribution in [0.1, 0.15) is 31.9 Å². The third kappa shape index (κ3) is 3.67. The van der Waals surface area contributed by atoms with Gasteiger partial charge < -0.3 is 14.8 Å². The Kier molecular flexibility index (Phi) is 4.42. The largest absolute Gasteiger partial charge is 0.483 e. The lowest BCUT2D eigenvalue weighted by Crippen LogP contribution is -2.25. The molecule has 0 unspecified atom stereocenters. The molecule has 0 atom stereocenters. The highest BCUT2D eigenvalue weighted by Crippen LogP contribution is 2.41. The average molecular weight is 326 g/mol. The lowest BCUT2D eigenvalue weighted by molar-refractivity contribution is -0.118. The highest BCUT2D eigenvalue weighted by atomic mass is 16.5. The first-order valence-electron chi connectivity index (χ1n) is 8.15. The predicted octanol–water partition coefficient (Wildman–Crippen LogP) is 3.38. The summed E-state index contributed by atoms with van der Waals surface area (Å²) in [6, 6.07) is 9.51. The first-order chi connectivity index (χ1) is 11.5. The summed E-state index contributed by atoms with van der Waals surface area (Å²) in [7, 11) is 0. The van der Waals surface area contributed by atoms with Gasteiger partial charge in [-0.3, -0.25) is 4.79 Å². The van der Waals surface area contributed by atoms with Crippen LogP contribution in [0.25, 0.3) is 0 Å². The second-order valence-electron chi connectivity index (χ2n) is 6.53. The maximum Gasteiger partial charge on any atom is 0.263 e. The number of hydrogen-bond acceptors (Lipinski definition) is 4. The van der Waals surface area contributed by atoms with Crippen LogP contribution in [0.4, 0.5) is 5.82 Å². The average Bonchev–Trinajstić information content (AvgIpc) is 2.88. The van der Waals surface area contributed by atoms with Crippen molar-refractivity contribution in [3.8, 4) is 11.5 Å². The van der Waals surface area contributed by atoms with Crippen LogP contribution in [0.2, 0.25) is 0 Å². The zero-order valence-electron chi connectivity index (χ0n) is 14.3. The lowest BCUT2D eigenvalue weighted by atomic mass is 10.0. The summed E-state index contributed by atoms with van der Waals surface area (Å²) in [6.07, 6.45) is 3.51. The van der Waals surface area contributed by atoms with Gasteiger partial charge in [0.2, 0.25) is 0 Å². The highest BCUT2D eigenvalue weighted by molar-refractivity contribution is 5.91. The van der Waals surface area contributed by atoms with E-state index in [9.17, 15) is 4.79 Å². The number of hydrogen-bond donors (Lipinski definition) is 1. The Morgan fingerprint density at radius 1 is 1.33 bits per heavy atom. The van der Waals surface area contributed by atoms with Crippen molar-refractivity contribution in [3.63, 3.8) is 0 Å². The SMILES string of the molecule is CCc1ccc(NC(=O)COc2cccc3c2OC(C)(C)C3)nc1. The number of benzene rings is 1. The fourth-order valence-electron chi connectivity index (χ4n) is 2.73. The molecular weight excluding hydrogens is 304 g/mol. The van der Waals surface area contributed by atoms with Crippen molar-refractivity contribution in [1.82, 2.24) is 4.98 Å². The number of rotatable bonds is 5. The second-order valence-corrected chi connectivity index (χ2v) is 6.53. The number of pyridine rings is 1. The molecule has 1 aromatic heterocycles. The number of carbonyl (C=O) groups excluding carboxylic acids is 1. The number of carbonyl (C=O) groups is 1. The Hall–Kier alpha value is -2.56. The number of aromatic nitrogens is 1. The van der Waals surface area contributed by atoms with Crippen molar-refractivity contribution in [3.05, 3.63) is 47.7 Å². The second kappa shape index (κ2) is 6.51. The lowest BCUT2D eigenvalue weighted by Gasteiger charge is -2.18. The molecule has 1 aliphatic rings. The zero-order valence-corrected chi connectivity index (χ0v) is 14.3. The van der Waals surface area contributed by atoms with E-state index in [1.54, 1.807) is 12.3 Å². The van der Waals surface area contributed by atoms with Crippen molar-refractivity contribution in [1.29, 1.82) is 0 Å². The zero-order chi connectivity index (χ0) is 17.2. The Labute approximate surface area is 142 Å². The molecule has 24 heavy (non-hydrogen) atoms. The van der Waals surface area contributed by atoms with Gasteiger partial charge in [-0.25, -0.2) is 4.98 Å². The van der Waals surface area contributed by atoms with Crippen molar-refractivity contribution in [2.45, 2.75) is 39.2 Å². The molecule has 0 saturated carbocycles. The summed E-state index contributed by atoms with van der Waals surface area (Å²) in [5.74, 6) is 1.61. The van der Waals surface area contributed by atoms with Crippen LogP contribution >= 0.6 is 0 Å². The minimum atomic E-state index is -0.249. The van der Waals surface area contributed by atoms with Crippen LogP contribution in [0.15, 0.2) is 36.5 Å². The fourth-order valence-corrected chi connectivity index (χ4v) is 2.73. The molecule has 1 aliphatic heterocycles. The quantitative estimate of drug-likeness (QED) is 0.915. The van der Waals surface area contributed by atoms with Gasteiger partial charge in [0.1, 0.15) is 11.4 Å². The number of aryl methyl sites for hydroxylation is 1. The molecule has 5 nitrogen and oxygen atoms in total. The summed E-state index contributed by atoms with van der Waals surface area (Å²) < 4.78 is 11.6. The standard InChI is InChI=1S/C19H22N2O3/c1-4-13-8-9-16(20-11-13)21-17(22)12-23-15-7-5-6-14-10-19(2,3)24-18(14)15/h5-9,11H,4,10,12H2,1-3H3,(H,20,21,22). The number of amides is 1. The number of fused-ring (bicyclic) bond motifs is 1. The Balaban J connectivity index is 1.60. The summed E-state index contributed by atoms with van der Waals surface area (Å²) in [5, 5.41) is 2.73. The van der Waals surface area contributed by atoms with E-state index in [-0.39, 0.29) is 18.1 Å². The van der Waals surface area contributed by atoms with Gasteiger partial charge >= 0.3 is 0 Å². The smallest absolute Gasteiger partial charge is 0.263 e.